The second kappa shape index (κ2) is 5.38. The summed E-state index contributed by atoms with van der Waals surface area (Å²) in [7, 11) is -3.78. The van der Waals surface area contributed by atoms with Crippen molar-refractivity contribution < 1.29 is 13.2 Å². The van der Waals surface area contributed by atoms with Crippen LogP contribution in [0.5, 0.6) is 0 Å². The summed E-state index contributed by atoms with van der Waals surface area (Å²) in [5.41, 5.74) is 0.963. The van der Waals surface area contributed by atoms with Gasteiger partial charge in [0, 0.05) is 5.69 Å². The largest absolute Gasteiger partial charge is 0.325 e. The number of amides is 1. The standard InChI is InChI=1S/C13H18N2O3S2/c1-9-10(5-3-6-11(9)20(14,17)18)15-12(16)13(2)7-4-8-19-13/h3,5-6H,4,7-8H2,1-2H3,(H,15,16)(H2,14,17,18). The van der Waals surface area contributed by atoms with Gasteiger partial charge in [-0.25, -0.2) is 13.6 Å². The van der Waals surface area contributed by atoms with E-state index in [1.807, 2.05) is 6.92 Å². The van der Waals surface area contributed by atoms with Crippen LogP contribution >= 0.6 is 11.8 Å². The highest BCUT2D eigenvalue weighted by molar-refractivity contribution is 8.01. The normalized spacial score (nSPS) is 22.8. The monoisotopic (exact) mass is 314 g/mol. The van der Waals surface area contributed by atoms with Crippen molar-refractivity contribution in [3.8, 4) is 0 Å². The van der Waals surface area contributed by atoms with Crippen molar-refractivity contribution in [2.75, 3.05) is 11.1 Å². The maximum atomic E-state index is 12.3. The number of nitrogens with one attached hydrogen (secondary N) is 1. The van der Waals surface area contributed by atoms with Gasteiger partial charge in [0.15, 0.2) is 0 Å². The number of carbonyl (C=O) groups excluding carboxylic acids is 1. The Labute approximate surface area is 123 Å². The van der Waals surface area contributed by atoms with Gasteiger partial charge in [-0.05, 0) is 50.1 Å². The Hall–Kier alpha value is -1.05. The molecule has 0 aromatic heterocycles. The molecule has 1 aromatic rings. The molecule has 2 rings (SSSR count). The molecule has 20 heavy (non-hydrogen) atoms. The summed E-state index contributed by atoms with van der Waals surface area (Å²) in [5, 5.41) is 7.99. The van der Waals surface area contributed by atoms with Crippen LogP contribution in [0.1, 0.15) is 25.3 Å². The zero-order chi connectivity index (χ0) is 15.0. The number of benzene rings is 1. The van der Waals surface area contributed by atoms with Crippen molar-refractivity contribution in [3.05, 3.63) is 23.8 Å². The first kappa shape index (κ1) is 15.3. The number of anilines is 1. The number of rotatable bonds is 3. The van der Waals surface area contributed by atoms with E-state index in [1.54, 1.807) is 30.8 Å². The van der Waals surface area contributed by atoms with Crippen molar-refractivity contribution in [1.29, 1.82) is 0 Å². The van der Waals surface area contributed by atoms with E-state index < -0.39 is 14.8 Å². The molecule has 3 N–H and O–H groups in total. The second-order valence-electron chi connectivity index (χ2n) is 5.11. The molecule has 0 saturated carbocycles. The average molecular weight is 314 g/mol. The van der Waals surface area contributed by atoms with Gasteiger partial charge in [0.2, 0.25) is 15.9 Å². The molecule has 1 fully saturated rings. The third-order valence-electron chi connectivity index (χ3n) is 3.54. The zero-order valence-electron chi connectivity index (χ0n) is 11.5. The fourth-order valence-electron chi connectivity index (χ4n) is 2.27. The van der Waals surface area contributed by atoms with Crippen molar-refractivity contribution >= 4 is 33.4 Å². The Kier molecular flexibility index (Phi) is 4.13. The molecule has 1 aliphatic rings. The number of primary sulfonamides is 1. The predicted octanol–water partition coefficient (Wildman–Crippen LogP) is 1.87. The molecule has 0 aliphatic carbocycles. The molecule has 0 bridgehead atoms. The maximum absolute atomic E-state index is 12.3. The number of thioether (sulfide) groups is 1. The molecule has 1 amide bonds. The number of hydrogen-bond donors (Lipinski definition) is 2. The molecule has 110 valence electrons. The van der Waals surface area contributed by atoms with Crippen molar-refractivity contribution in [1.82, 2.24) is 0 Å². The van der Waals surface area contributed by atoms with Crippen LogP contribution < -0.4 is 10.5 Å². The molecule has 1 atom stereocenters. The molecule has 1 unspecified atom stereocenters. The van der Waals surface area contributed by atoms with E-state index in [9.17, 15) is 13.2 Å². The highest BCUT2D eigenvalue weighted by Crippen LogP contribution is 2.38. The molecule has 0 radical (unpaired) electrons. The van der Waals surface area contributed by atoms with E-state index in [2.05, 4.69) is 5.32 Å². The lowest BCUT2D eigenvalue weighted by Gasteiger charge is -2.22. The molecule has 1 aliphatic heterocycles. The van der Waals surface area contributed by atoms with Gasteiger partial charge in [-0.2, -0.15) is 0 Å². The summed E-state index contributed by atoms with van der Waals surface area (Å²) < 4.78 is 22.5. The smallest absolute Gasteiger partial charge is 0.240 e. The Balaban J connectivity index is 2.29. The van der Waals surface area contributed by atoms with Gasteiger partial charge < -0.3 is 5.32 Å². The molecule has 1 heterocycles. The third-order valence-corrected chi connectivity index (χ3v) is 6.11. The number of sulfonamides is 1. The Morgan fingerprint density at radius 3 is 2.70 bits per heavy atom. The molecule has 1 aromatic carbocycles. The lowest BCUT2D eigenvalue weighted by Crippen LogP contribution is -2.35. The van der Waals surface area contributed by atoms with Gasteiger partial charge >= 0.3 is 0 Å². The minimum absolute atomic E-state index is 0.0412. The highest BCUT2D eigenvalue weighted by atomic mass is 32.2. The third kappa shape index (κ3) is 2.99. The Morgan fingerprint density at radius 2 is 2.15 bits per heavy atom. The van der Waals surface area contributed by atoms with Crippen molar-refractivity contribution in [2.24, 2.45) is 5.14 Å². The number of hydrogen-bond acceptors (Lipinski definition) is 4. The van der Waals surface area contributed by atoms with Crippen LogP contribution in [0.2, 0.25) is 0 Å². The lowest BCUT2D eigenvalue weighted by molar-refractivity contribution is -0.118. The van der Waals surface area contributed by atoms with Crippen LogP contribution in [0.3, 0.4) is 0 Å². The minimum atomic E-state index is -3.78. The zero-order valence-corrected chi connectivity index (χ0v) is 13.1. The maximum Gasteiger partial charge on any atom is 0.240 e. The molecule has 7 heteroatoms. The van der Waals surface area contributed by atoms with Gasteiger partial charge in [0.1, 0.15) is 0 Å². The first-order valence-electron chi connectivity index (χ1n) is 6.32. The van der Waals surface area contributed by atoms with Gasteiger partial charge in [-0.15, -0.1) is 11.8 Å². The molecule has 5 nitrogen and oxygen atoms in total. The molecule has 0 spiro atoms. The van der Waals surface area contributed by atoms with E-state index in [0.29, 0.717) is 11.3 Å². The summed E-state index contributed by atoms with van der Waals surface area (Å²) >= 11 is 1.63. The highest BCUT2D eigenvalue weighted by Gasteiger charge is 2.37. The van der Waals surface area contributed by atoms with Crippen molar-refractivity contribution in [3.63, 3.8) is 0 Å². The first-order valence-corrected chi connectivity index (χ1v) is 8.85. The predicted molar refractivity (Wildman–Crippen MR) is 81.3 cm³/mol. The molecule has 1 saturated heterocycles. The van der Waals surface area contributed by atoms with Gasteiger partial charge in [-0.3, -0.25) is 4.79 Å². The minimum Gasteiger partial charge on any atom is -0.325 e. The van der Waals surface area contributed by atoms with Crippen LogP contribution in [-0.2, 0) is 14.8 Å². The first-order chi connectivity index (χ1) is 9.24. The van der Waals surface area contributed by atoms with Gasteiger partial charge in [0.25, 0.3) is 0 Å². The van der Waals surface area contributed by atoms with Crippen LogP contribution in [-0.4, -0.2) is 24.8 Å². The summed E-state index contributed by atoms with van der Waals surface area (Å²) in [6, 6.07) is 4.70. The summed E-state index contributed by atoms with van der Waals surface area (Å²) in [5.74, 6) is 0.884. The quantitative estimate of drug-likeness (QED) is 0.891. The Morgan fingerprint density at radius 1 is 1.45 bits per heavy atom. The summed E-state index contributed by atoms with van der Waals surface area (Å²) in [6.45, 7) is 3.55. The summed E-state index contributed by atoms with van der Waals surface area (Å²) in [6.07, 6.45) is 1.85. The van der Waals surface area contributed by atoms with Crippen LogP contribution in [0.25, 0.3) is 0 Å². The van der Waals surface area contributed by atoms with Crippen LogP contribution in [0, 0.1) is 6.92 Å². The average Bonchev–Trinajstić information content (AvgIpc) is 2.78. The lowest BCUT2D eigenvalue weighted by atomic mass is 10.0. The van der Waals surface area contributed by atoms with Crippen LogP contribution in [0.15, 0.2) is 23.1 Å². The van der Waals surface area contributed by atoms with E-state index in [0.717, 1.165) is 18.6 Å². The van der Waals surface area contributed by atoms with Crippen LogP contribution in [0.4, 0.5) is 5.69 Å². The second-order valence-corrected chi connectivity index (χ2v) is 8.24. The van der Waals surface area contributed by atoms with E-state index in [4.69, 9.17) is 5.14 Å². The topological polar surface area (TPSA) is 89.3 Å². The Bertz CT molecular complexity index is 635. The molecular formula is C13H18N2O3S2. The van der Waals surface area contributed by atoms with Gasteiger partial charge in [-0.1, -0.05) is 6.07 Å². The SMILES string of the molecule is Cc1c(NC(=O)C2(C)CCCS2)cccc1S(N)(=O)=O. The van der Waals surface area contributed by atoms with Crippen molar-refractivity contribution in [2.45, 2.75) is 36.3 Å². The van der Waals surface area contributed by atoms with Gasteiger partial charge in [0.05, 0.1) is 9.64 Å². The summed E-state index contributed by atoms with van der Waals surface area (Å²) in [4.78, 5) is 12.4. The molecular weight excluding hydrogens is 296 g/mol. The fraction of sp³-hybridized carbons (Fsp3) is 0.462. The number of carbonyl (C=O) groups is 1. The van der Waals surface area contributed by atoms with E-state index in [-0.39, 0.29) is 10.8 Å². The van der Waals surface area contributed by atoms with E-state index in [1.165, 1.54) is 6.07 Å². The fourth-order valence-corrected chi connectivity index (χ4v) is 4.29. The number of nitrogens with two attached hydrogens (primary N) is 1. The van der Waals surface area contributed by atoms with E-state index >= 15 is 0 Å².